The lowest BCUT2D eigenvalue weighted by atomic mass is 10.0. The van der Waals surface area contributed by atoms with Crippen LogP contribution >= 0.6 is 0 Å². The zero-order valence-corrected chi connectivity index (χ0v) is 11.7. The molecule has 17 heavy (non-hydrogen) atoms. The fraction of sp³-hybridized carbons (Fsp3) is 1.00. The molecule has 0 aromatic carbocycles. The fourth-order valence-electron chi connectivity index (χ4n) is 2.37. The second-order valence-electron chi connectivity index (χ2n) is 4.88. The number of sulfonamides is 1. The summed E-state index contributed by atoms with van der Waals surface area (Å²) in [7, 11) is -3.05. The lowest BCUT2D eigenvalue weighted by Gasteiger charge is -2.14. The summed E-state index contributed by atoms with van der Waals surface area (Å²) in [6, 6.07) is 0. The second-order valence-corrected chi connectivity index (χ2v) is 6.80. The molecular weight excluding hydrogens is 236 g/mol. The second kappa shape index (κ2) is 8.06. The molecule has 0 amide bonds. The Bertz CT molecular complexity index is 283. The summed E-state index contributed by atoms with van der Waals surface area (Å²) in [6.45, 7) is 3.81. The molecule has 0 aliphatic heterocycles. The maximum atomic E-state index is 11.4. The van der Waals surface area contributed by atoms with Crippen LogP contribution < -0.4 is 10.0 Å². The van der Waals surface area contributed by atoms with E-state index in [2.05, 4.69) is 10.0 Å². The van der Waals surface area contributed by atoms with Crippen LogP contribution in [0.25, 0.3) is 0 Å². The number of hydrogen-bond donors (Lipinski definition) is 2. The van der Waals surface area contributed by atoms with Crippen LogP contribution in [0.3, 0.4) is 0 Å². The summed E-state index contributed by atoms with van der Waals surface area (Å²) in [5.74, 6) is 0.937. The van der Waals surface area contributed by atoms with Crippen molar-refractivity contribution in [3.05, 3.63) is 0 Å². The molecule has 4 nitrogen and oxygen atoms in total. The van der Waals surface area contributed by atoms with Gasteiger partial charge in [0.25, 0.3) is 0 Å². The largest absolute Gasteiger partial charge is 0.315 e. The highest BCUT2D eigenvalue weighted by atomic mass is 32.2. The Morgan fingerprint density at radius 1 is 1.12 bits per heavy atom. The van der Waals surface area contributed by atoms with Gasteiger partial charge in [0.2, 0.25) is 10.0 Å². The molecule has 102 valence electrons. The van der Waals surface area contributed by atoms with Crippen LogP contribution in [-0.2, 0) is 10.0 Å². The Labute approximate surface area is 106 Å². The number of nitrogens with one attached hydrogen (secondary N) is 2. The van der Waals surface area contributed by atoms with Crippen LogP contribution in [-0.4, -0.2) is 33.8 Å². The van der Waals surface area contributed by atoms with E-state index in [0.717, 1.165) is 12.5 Å². The first-order valence-corrected chi connectivity index (χ1v) is 8.47. The average molecular weight is 262 g/mol. The van der Waals surface area contributed by atoms with E-state index in [-0.39, 0.29) is 5.75 Å². The first kappa shape index (κ1) is 14.9. The topological polar surface area (TPSA) is 58.2 Å². The zero-order chi connectivity index (χ0) is 12.6. The van der Waals surface area contributed by atoms with E-state index in [4.69, 9.17) is 0 Å². The minimum absolute atomic E-state index is 0.188. The molecule has 0 unspecified atom stereocenters. The van der Waals surface area contributed by atoms with Gasteiger partial charge in [-0.05, 0) is 25.3 Å². The van der Waals surface area contributed by atoms with E-state index in [1.165, 1.54) is 38.5 Å². The number of hydrogen-bond acceptors (Lipinski definition) is 3. The summed E-state index contributed by atoms with van der Waals surface area (Å²) in [5, 5.41) is 3.28. The van der Waals surface area contributed by atoms with Crippen molar-refractivity contribution in [3.8, 4) is 0 Å². The molecule has 1 fully saturated rings. The van der Waals surface area contributed by atoms with Gasteiger partial charge >= 0.3 is 0 Å². The van der Waals surface area contributed by atoms with Gasteiger partial charge in [0.05, 0.1) is 5.75 Å². The van der Waals surface area contributed by atoms with Crippen LogP contribution in [0.2, 0.25) is 0 Å². The molecule has 0 atom stereocenters. The SMILES string of the molecule is CCNS(=O)(=O)CCNCC1CCCCCC1. The summed E-state index contributed by atoms with van der Waals surface area (Å²) in [4.78, 5) is 0. The molecule has 0 saturated heterocycles. The van der Waals surface area contributed by atoms with Gasteiger partial charge in [-0.2, -0.15) is 0 Å². The van der Waals surface area contributed by atoms with E-state index in [1.54, 1.807) is 6.92 Å². The van der Waals surface area contributed by atoms with Crippen LogP contribution in [0, 0.1) is 5.92 Å². The van der Waals surface area contributed by atoms with Crippen molar-refractivity contribution in [2.45, 2.75) is 45.4 Å². The zero-order valence-electron chi connectivity index (χ0n) is 10.9. The number of rotatable bonds is 7. The van der Waals surface area contributed by atoms with Crippen LogP contribution in [0.15, 0.2) is 0 Å². The minimum Gasteiger partial charge on any atom is -0.315 e. The molecule has 0 aromatic heterocycles. The van der Waals surface area contributed by atoms with E-state index in [0.29, 0.717) is 13.1 Å². The third kappa shape index (κ3) is 7.01. The van der Waals surface area contributed by atoms with E-state index in [1.807, 2.05) is 0 Å². The van der Waals surface area contributed by atoms with Gasteiger partial charge < -0.3 is 5.32 Å². The highest BCUT2D eigenvalue weighted by Gasteiger charge is 2.12. The van der Waals surface area contributed by atoms with Crippen molar-refractivity contribution in [2.75, 3.05) is 25.4 Å². The summed E-state index contributed by atoms with van der Waals surface area (Å²) < 4.78 is 25.3. The third-order valence-corrected chi connectivity index (χ3v) is 4.79. The van der Waals surface area contributed by atoms with Gasteiger partial charge in [0.15, 0.2) is 0 Å². The predicted molar refractivity (Wildman–Crippen MR) is 71.5 cm³/mol. The molecule has 0 bridgehead atoms. The van der Waals surface area contributed by atoms with Gasteiger partial charge in [-0.3, -0.25) is 0 Å². The molecule has 2 N–H and O–H groups in total. The van der Waals surface area contributed by atoms with Crippen LogP contribution in [0.5, 0.6) is 0 Å². The molecular formula is C12H26N2O2S. The molecule has 1 aliphatic carbocycles. The first-order chi connectivity index (χ1) is 8.14. The Morgan fingerprint density at radius 3 is 2.35 bits per heavy atom. The van der Waals surface area contributed by atoms with Crippen LogP contribution in [0.1, 0.15) is 45.4 Å². The molecule has 0 aromatic rings. The van der Waals surface area contributed by atoms with Crippen molar-refractivity contribution in [1.29, 1.82) is 0 Å². The van der Waals surface area contributed by atoms with Gasteiger partial charge in [-0.15, -0.1) is 0 Å². The Balaban J connectivity index is 2.10. The summed E-state index contributed by atoms with van der Waals surface area (Å²) in [5.41, 5.74) is 0. The molecule has 0 spiro atoms. The normalized spacial score (nSPS) is 19.1. The smallest absolute Gasteiger partial charge is 0.212 e. The van der Waals surface area contributed by atoms with Crippen molar-refractivity contribution in [2.24, 2.45) is 5.92 Å². The van der Waals surface area contributed by atoms with Gasteiger partial charge in [0.1, 0.15) is 0 Å². The molecule has 0 radical (unpaired) electrons. The molecule has 5 heteroatoms. The van der Waals surface area contributed by atoms with Crippen molar-refractivity contribution in [3.63, 3.8) is 0 Å². The summed E-state index contributed by atoms with van der Waals surface area (Å²) in [6.07, 6.45) is 8.00. The highest BCUT2D eigenvalue weighted by molar-refractivity contribution is 7.89. The molecule has 1 rings (SSSR count). The minimum atomic E-state index is -3.05. The Kier molecular flexibility index (Phi) is 7.08. The van der Waals surface area contributed by atoms with E-state index >= 15 is 0 Å². The van der Waals surface area contributed by atoms with Crippen molar-refractivity contribution >= 4 is 10.0 Å². The molecule has 1 saturated carbocycles. The predicted octanol–water partition coefficient (Wildman–Crippen LogP) is 1.49. The van der Waals surface area contributed by atoms with Gasteiger partial charge in [-0.25, -0.2) is 13.1 Å². The van der Waals surface area contributed by atoms with Crippen molar-refractivity contribution in [1.82, 2.24) is 10.0 Å². The fourth-order valence-corrected chi connectivity index (χ4v) is 3.37. The maximum Gasteiger partial charge on any atom is 0.212 e. The molecule has 1 aliphatic rings. The van der Waals surface area contributed by atoms with Gasteiger partial charge in [0, 0.05) is 13.1 Å². The van der Waals surface area contributed by atoms with E-state index < -0.39 is 10.0 Å². The lowest BCUT2D eigenvalue weighted by Crippen LogP contribution is -2.33. The lowest BCUT2D eigenvalue weighted by molar-refractivity contribution is 0.430. The quantitative estimate of drug-likeness (QED) is 0.540. The first-order valence-electron chi connectivity index (χ1n) is 6.82. The standard InChI is InChI=1S/C12H26N2O2S/c1-2-14-17(15,16)10-9-13-11-12-7-5-3-4-6-8-12/h12-14H,2-11H2,1H3. The Hall–Kier alpha value is -0.130. The maximum absolute atomic E-state index is 11.4. The average Bonchev–Trinajstić information content (AvgIpc) is 2.53. The van der Waals surface area contributed by atoms with Crippen LogP contribution in [0.4, 0.5) is 0 Å². The van der Waals surface area contributed by atoms with Gasteiger partial charge in [-0.1, -0.05) is 32.6 Å². The monoisotopic (exact) mass is 262 g/mol. The van der Waals surface area contributed by atoms with Crippen molar-refractivity contribution < 1.29 is 8.42 Å². The highest BCUT2D eigenvalue weighted by Crippen LogP contribution is 2.21. The molecule has 0 heterocycles. The van der Waals surface area contributed by atoms with E-state index in [9.17, 15) is 8.42 Å². The summed E-state index contributed by atoms with van der Waals surface area (Å²) >= 11 is 0. The third-order valence-electron chi connectivity index (χ3n) is 3.32. The Morgan fingerprint density at radius 2 is 1.76 bits per heavy atom.